The SMILES string of the molecule is CCCCN(C)[C@H]1C[C@H]2CCN(C(=O)CCc3c(C)nc4ncnn4c3C)C[C@H]2C1. The van der Waals surface area contributed by atoms with Crippen molar-refractivity contribution in [1.82, 2.24) is 29.4 Å². The number of aromatic nitrogens is 4. The molecule has 30 heavy (non-hydrogen) atoms. The first-order valence-corrected chi connectivity index (χ1v) is 11.6. The van der Waals surface area contributed by atoms with Crippen molar-refractivity contribution in [1.29, 1.82) is 0 Å². The second-order valence-electron chi connectivity index (χ2n) is 9.34. The van der Waals surface area contributed by atoms with Crippen LogP contribution < -0.4 is 0 Å². The number of likely N-dealkylation sites (tertiary alicyclic amines) is 1. The maximum Gasteiger partial charge on any atom is 0.252 e. The summed E-state index contributed by atoms with van der Waals surface area (Å²) in [5.41, 5.74) is 3.11. The van der Waals surface area contributed by atoms with E-state index in [2.05, 4.69) is 38.8 Å². The van der Waals surface area contributed by atoms with Crippen molar-refractivity contribution in [2.45, 2.75) is 71.8 Å². The smallest absolute Gasteiger partial charge is 0.252 e. The molecule has 2 fully saturated rings. The Kier molecular flexibility index (Phi) is 6.37. The Hall–Kier alpha value is -2.02. The molecular formula is C23H36N6O. The number of nitrogens with zero attached hydrogens (tertiary/aromatic N) is 6. The van der Waals surface area contributed by atoms with Crippen molar-refractivity contribution in [3.05, 3.63) is 23.3 Å². The van der Waals surface area contributed by atoms with Gasteiger partial charge in [0.05, 0.1) is 0 Å². The van der Waals surface area contributed by atoms with Gasteiger partial charge in [-0.3, -0.25) is 4.79 Å². The zero-order chi connectivity index (χ0) is 21.3. The van der Waals surface area contributed by atoms with Crippen LogP contribution in [0.2, 0.25) is 0 Å². The fraction of sp³-hybridized carbons (Fsp3) is 0.739. The van der Waals surface area contributed by atoms with Gasteiger partial charge in [0.2, 0.25) is 5.91 Å². The Morgan fingerprint density at radius 2 is 2.07 bits per heavy atom. The van der Waals surface area contributed by atoms with E-state index in [0.717, 1.165) is 36.0 Å². The molecule has 1 amide bonds. The molecular weight excluding hydrogens is 376 g/mol. The minimum atomic E-state index is 0.286. The van der Waals surface area contributed by atoms with Gasteiger partial charge in [-0.1, -0.05) is 13.3 Å². The van der Waals surface area contributed by atoms with E-state index in [1.54, 1.807) is 4.52 Å². The predicted molar refractivity (Wildman–Crippen MR) is 117 cm³/mol. The maximum absolute atomic E-state index is 13.0. The van der Waals surface area contributed by atoms with E-state index in [4.69, 9.17) is 0 Å². The summed E-state index contributed by atoms with van der Waals surface area (Å²) in [6.07, 6.45) is 9.05. The number of amides is 1. The highest BCUT2D eigenvalue weighted by atomic mass is 16.2. The van der Waals surface area contributed by atoms with Gasteiger partial charge < -0.3 is 9.80 Å². The molecule has 3 atom stereocenters. The van der Waals surface area contributed by atoms with Crippen molar-refractivity contribution >= 4 is 11.7 Å². The van der Waals surface area contributed by atoms with E-state index in [0.29, 0.717) is 30.6 Å². The van der Waals surface area contributed by atoms with Crippen molar-refractivity contribution in [3.63, 3.8) is 0 Å². The molecule has 7 nitrogen and oxygen atoms in total. The van der Waals surface area contributed by atoms with Gasteiger partial charge in [0.15, 0.2) is 0 Å². The fourth-order valence-electron chi connectivity index (χ4n) is 5.54. The molecule has 3 heterocycles. The third-order valence-corrected chi connectivity index (χ3v) is 7.46. The van der Waals surface area contributed by atoms with E-state index < -0.39 is 0 Å². The van der Waals surface area contributed by atoms with Crippen molar-refractivity contribution in [3.8, 4) is 0 Å². The van der Waals surface area contributed by atoms with Crippen LogP contribution in [0.5, 0.6) is 0 Å². The average Bonchev–Trinajstić information content (AvgIpc) is 3.37. The summed E-state index contributed by atoms with van der Waals surface area (Å²) >= 11 is 0. The van der Waals surface area contributed by atoms with E-state index in [1.165, 1.54) is 45.0 Å². The lowest BCUT2D eigenvalue weighted by molar-refractivity contribution is -0.133. The van der Waals surface area contributed by atoms with Crippen LogP contribution in [0, 0.1) is 25.7 Å². The number of unbranched alkanes of at least 4 members (excludes halogenated alkanes) is 1. The normalized spacial score (nSPS) is 24.0. The standard InChI is InChI=1S/C23H36N6O/c1-5-6-10-27(4)20-12-18-9-11-28(14-19(18)13-20)22(30)8-7-21-16(2)26-23-24-15-25-29(23)17(21)3/h15,18-20H,5-14H2,1-4H3/t18-,19-,20+/m1/s1. The zero-order valence-corrected chi connectivity index (χ0v) is 19.0. The molecule has 2 aromatic rings. The number of rotatable bonds is 7. The quantitative estimate of drug-likeness (QED) is 0.699. The first kappa shape index (κ1) is 21.2. The van der Waals surface area contributed by atoms with Crippen molar-refractivity contribution in [2.75, 3.05) is 26.7 Å². The number of piperidine rings is 1. The summed E-state index contributed by atoms with van der Waals surface area (Å²) in [4.78, 5) is 26.4. The van der Waals surface area contributed by atoms with Crippen LogP contribution in [-0.4, -0.2) is 68.0 Å². The van der Waals surface area contributed by atoms with Crippen LogP contribution in [0.1, 0.15) is 62.4 Å². The van der Waals surface area contributed by atoms with Crippen molar-refractivity contribution in [2.24, 2.45) is 11.8 Å². The number of carbonyl (C=O) groups is 1. The van der Waals surface area contributed by atoms with Crippen LogP contribution in [0.3, 0.4) is 0 Å². The third-order valence-electron chi connectivity index (χ3n) is 7.46. The van der Waals surface area contributed by atoms with E-state index in [1.807, 2.05) is 13.8 Å². The lowest BCUT2D eigenvalue weighted by atomic mass is 9.88. The molecule has 0 spiro atoms. The minimum Gasteiger partial charge on any atom is -0.342 e. The Morgan fingerprint density at radius 3 is 2.87 bits per heavy atom. The first-order chi connectivity index (χ1) is 14.5. The highest BCUT2D eigenvalue weighted by molar-refractivity contribution is 5.76. The molecule has 164 valence electrons. The van der Waals surface area contributed by atoms with Gasteiger partial charge in [0.1, 0.15) is 6.33 Å². The summed E-state index contributed by atoms with van der Waals surface area (Å²) in [5.74, 6) is 2.38. The molecule has 0 aromatic carbocycles. The molecule has 0 radical (unpaired) electrons. The molecule has 0 bridgehead atoms. The molecule has 2 aromatic heterocycles. The number of fused-ring (bicyclic) bond motifs is 2. The topological polar surface area (TPSA) is 66.6 Å². The lowest BCUT2D eigenvalue weighted by Gasteiger charge is -2.35. The number of hydrogen-bond acceptors (Lipinski definition) is 5. The third kappa shape index (κ3) is 4.22. The zero-order valence-electron chi connectivity index (χ0n) is 19.0. The lowest BCUT2D eigenvalue weighted by Crippen LogP contribution is -2.42. The van der Waals surface area contributed by atoms with Crippen LogP contribution in [0.4, 0.5) is 0 Å². The molecule has 4 rings (SSSR count). The molecule has 7 heteroatoms. The second kappa shape index (κ2) is 9.00. The van der Waals surface area contributed by atoms with Crippen LogP contribution in [-0.2, 0) is 11.2 Å². The number of carbonyl (C=O) groups excluding carboxylic acids is 1. The summed E-state index contributed by atoms with van der Waals surface area (Å²) in [5, 5.41) is 4.26. The van der Waals surface area contributed by atoms with Crippen LogP contribution in [0.25, 0.3) is 5.78 Å². The highest BCUT2D eigenvalue weighted by Gasteiger charge is 2.40. The monoisotopic (exact) mass is 412 g/mol. The molecule has 1 aliphatic heterocycles. The highest BCUT2D eigenvalue weighted by Crippen LogP contribution is 2.40. The van der Waals surface area contributed by atoms with Crippen molar-refractivity contribution < 1.29 is 4.79 Å². The number of hydrogen-bond donors (Lipinski definition) is 0. The Labute approximate surface area is 179 Å². The van der Waals surface area contributed by atoms with Gasteiger partial charge in [0.25, 0.3) is 5.78 Å². The summed E-state index contributed by atoms with van der Waals surface area (Å²) in [7, 11) is 2.28. The molecule has 1 aliphatic carbocycles. The van der Waals surface area contributed by atoms with Crippen LogP contribution in [0.15, 0.2) is 6.33 Å². The van der Waals surface area contributed by atoms with Gasteiger partial charge in [-0.25, -0.2) is 9.50 Å². The molecule has 1 saturated carbocycles. The van der Waals surface area contributed by atoms with Gasteiger partial charge in [0, 0.05) is 36.9 Å². The Balaban J connectivity index is 1.33. The Morgan fingerprint density at radius 1 is 1.27 bits per heavy atom. The maximum atomic E-state index is 13.0. The fourth-order valence-corrected chi connectivity index (χ4v) is 5.54. The van der Waals surface area contributed by atoms with E-state index in [9.17, 15) is 4.79 Å². The van der Waals surface area contributed by atoms with Crippen LogP contribution >= 0.6 is 0 Å². The summed E-state index contributed by atoms with van der Waals surface area (Å²) in [6, 6.07) is 0.701. The van der Waals surface area contributed by atoms with E-state index in [-0.39, 0.29) is 5.91 Å². The predicted octanol–water partition coefficient (Wildman–Crippen LogP) is 3.03. The second-order valence-corrected chi connectivity index (χ2v) is 9.34. The molecule has 1 saturated heterocycles. The first-order valence-electron chi connectivity index (χ1n) is 11.6. The summed E-state index contributed by atoms with van der Waals surface area (Å²) < 4.78 is 1.77. The molecule has 2 aliphatic rings. The molecule has 0 unspecified atom stereocenters. The summed E-state index contributed by atoms with van der Waals surface area (Å²) in [6.45, 7) is 9.36. The minimum absolute atomic E-state index is 0.286. The number of aryl methyl sites for hydroxylation is 2. The van der Waals surface area contributed by atoms with Gasteiger partial charge in [-0.05, 0) is 76.9 Å². The van der Waals surface area contributed by atoms with E-state index >= 15 is 0 Å². The average molecular weight is 413 g/mol. The Bertz CT molecular complexity index is 893. The van der Waals surface area contributed by atoms with Gasteiger partial charge in [-0.15, -0.1) is 0 Å². The molecule has 0 N–H and O–H groups in total. The van der Waals surface area contributed by atoms with Gasteiger partial charge >= 0.3 is 0 Å². The largest absolute Gasteiger partial charge is 0.342 e. The van der Waals surface area contributed by atoms with Gasteiger partial charge in [-0.2, -0.15) is 10.1 Å².